The number of nitrogens with zero attached hydrogens (tertiary/aromatic N) is 2. The van der Waals surface area contributed by atoms with Gasteiger partial charge in [0.05, 0.1) is 18.3 Å². The van der Waals surface area contributed by atoms with E-state index in [0.717, 1.165) is 38.5 Å². The highest BCUT2D eigenvalue weighted by Gasteiger charge is 2.26. The molecule has 0 spiro atoms. The van der Waals surface area contributed by atoms with Crippen LogP contribution in [0, 0.1) is 0 Å². The van der Waals surface area contributed by atoms with Crippen molar-refractivity contribution in [2.75, 3.05) is 12.4 Å². The molecular formula is C16H25N3O5S. The molecule has 1 aliphatic heterocycles. The predicted octanol–water partition coefficient (Wildman–Crippen LogP) is 1.15. The van der Waals surface area contributed by atoms with Crippen LogP contribution in [-0.4, -0.2) is 49.0 Å². The molecule has 2 fully saturated rings. The topological polar surface area (TPSA) is 111 Å². The van der Waals surface area contributed by atoms with Gasteiger partial charge in [-0.3, -0.25) is 4.79 Å². The fourth-order valence-corrected chi connectivity index (χ4v) is 4.84. The van der Waals surface area contributed by atoms with Crippen molar-refractivity contribution in [1.29, 1.82) is 0 Å². The zero-order chi connectivity index (χ0) is 17.7. The number of rotatable bonds is 7. The highest BCUT2D eigenvalue weighted by atomic mass is 32.2. The van der Waals surface area contributed by atoms with E-state index in [4.69, 9.17) is 9.26 Å². The van der Waals surface area contributed by atoms with Crippen LogP contribution in [0.3, 0.4) is 0 Å². The van der Waals surface area contributed by atoms with Gasteiger partial charge >= 0.3 is 0 Å². The lowest BCUT2D eigenvalue weighted by Crippen LogP contribution is -2.37. The Morgan fingerprint density at radius 3 is 2.68 bits per heavy atom. The van der Waals surface area contributed by atoms with Gasteiger partial charge in [-0.1, -0.05) is 24.4 Å². The molecule has 0 radical (unpaired) electrons. The molecule has 0 aromatic carbocycles. The number of nitrogens with one attached hydrogen (secondary N) is 1. The van der Waals surface area contributed by atoms with Crippen LogP contribution < -0.4 is 5.32 Å². The van der Waals surface area contributed by atoms with Crippen molar-refractivity contribution < 1.29 is 22.5 Å². The van der Waals surface area contributed by atoms with Crippen molar-refractivity contribution in [2.45, 2.75) is 69.3 Å². The van der Waals surface area contributed by atoms with E-state index in [1.165, 1.54) is 6.42 Å². The summed E-state index contributed by atoms with van der Waals surface area (Å²) in [7, 11) is -3.38. The van der Waals surface area contributed by atoms with Crippen LogP contribution in [0.2, 0.25) is 0 Å². The summed E-state index contributed by atoms with van der Waals surface area (Å²) < 4.78 is 34.7. The molecule has 0 bridgehead atoms. The zero-order valence-electron chi connectivity index (χ0n) is 14.3. The van der Waals surface area contributed by atoms with Crippen LogP contribution in [0.1, 0.15) is 56.7 Å². The summed E-state index contributed by atoms with van der Waals surface area (Å²) in [5.74, 6) is -0.257. The average molecular weight is 371 g/mol. The molecule has 1 aromatic heterocycles. The first kappa shape index (κ1) is 18.3. The second kappa shape index (κ2) is 8.27. The second-order valence-corrected chi connectivity index (χ2v) is 8.98. The number of amides is 1. The molecule has 3 rings (SSSR count). The largest absolute Gasteiger partial charge is 0.377 e. The zero-order valence-corrected chi connectivity index (χ0v) is 15.1. The van der Waals surface area contributed by atoms with E-state index in [2.05, 4.69) is 15.5 Å². The van der Waals surface area contributed by atoms with E-state index in [1.807, 2.05) is 0 Å². The Kier molecular flexibility index (Phi) is 6.06. The van der Waals surface area contributed by atoms with Crippen LogP contribution in [-0.2, 0) is 31.5 Å². The van der Waals surface area contributed by atoms with Gasteiger partial charge in [0.15, 0.2) is 15.7 Å². The monoisotopic (exact) mass is 371 g/mol. The molecule has 1 saturated heterocycles. The van der Waals surface area contributed by atoms with E-state index in [1.54, 1.807) is 0 Å². The Morgan fingerprint density at radius 1 is 1.16 bits per heavy atom. The van der Waals surface area contributed by atoms with Gasteiger partial charge in [-0.05, 0) is 25.7 Å². The standard InChI is InChI=1S/C16H25N3O5S/c20-15(17-12-5-2-1-3-6-12)9-14-18-16(24-19-14)11-25(21,22)10-13-7-4-8-23-13/h12-13H,1-11H2,(H,17,20). The maximum Gasteiger partial charge on any atom is 0.241 e. The molecule has 1 atom stereocenters. The molecule has 8 nitrogen and oxygen atoms in total. The average Bonchev–Trinajstić information content (AvgIpc) is 3.19. The van der Waals surface area contributed by atoms with Gasteiger partial charge < -0.3 is 14.6 Å². The van der Waals surface area contributed by atoms with Crippen molar-refractivity contribution >= 4 is 15.7 Å². The molecule has 1 N–H and O–H groups in total. The van der Waals surface area contributed by atoms with E-state index in [0.29, 0.717) is 6.61 Å². The molecule has 1 amide bonds. The summed E-state index contributed by atoms with van der Waals surface area (Å²) in [5, 5.41) is 6.70. The molecule has 140 valence electrons. The molecule has 2 heterocycles. The number of hydrogen-bond donors (Lipinski definition) is 1. The lowest BCUT2D eigenvalue weighted by Gasteiger charge is -2.22. The van der Waals surface area contributed by atoms with Crippen molar-refractivity contribution in [3.8, 4) is 0 Å². The summed E-state index contributed by atoms with van der Waals surface area (Å²) in [6.07, 6.45) is 6.92. The second-order valence-electron chi connectivity index (χ2n) is 6.87. The van der Waals surface area contributed by atoms with Crippen LogP contribution in [0.15, 0.2) is 4.52 Å². The summed E-state index contributed by atoms with van der Waals surface area (Å²) in [5.41, 5.74) is 0. The van der Waals surface area contributed by atoms with Gasteiger partial charge in [-0.15, -0.1) is 0 Å². The van der Waals surface area contributed by atoms with Crippen LogP contribution in [0.25, 0.3) is 0 Å². The minimum absolute atomic E-state index is 0.00574. The van der Waals surface area contributed by atoms with Gasteiger partial charge in [-0.2, -0.15) is 4.98 Å². The molecule has 9 heteroatoms. The minimum atomic E-state index is -3.38. The van der Waals surface area contributed by atoms with Gasteiger partial charge in [-0.25, -0.2) is 8.42 Å². The Morgan fingerprint density at radius 2 is 1.96 bits per heavy atom. The van der Waals surface area contributed by atoms with Crippen molar-refractivity contribution in [1.82, 2.24) is 15.5 Å². The quantitative estimate of drug-likeness (QED) is 0.765. The molecule has 25 heavy (non-hydrogen) atoms. The summed E-state index contributed by atoms with van der Waals surface area (Å²) in [4.78, 5) is 16.1. The number of hydrogen-bond acceptors (Lipinski definition) is 7. The van der Waals surface area contributed by atoms with E-state index in [9.17, 15) is 13.2 Å². The Balaban J connectivity index is 1.48. The molecule has 1 saturated carbocycles. The smallest absolute Gasteiger partial charge is 0.241 e. The van der Waals surface area contributed by atoms with E-state index in [-0.39, 0.29) is 47.7 Å². The number of aromatic nitrogens is 2. The van der Waals surface area contributed by atoms with Gasteiger partial charge in [0.2, 0.25) is 11.8 Å². The third-order valence-electron chi connectivity index (χ3n) is 4.61. The summed E-state index contributed by atoms with van der Waals surface area (Å²) in [6.45, 7) is 0.612. The normalized spacial score (nSPS) is 22.2. The molecule has 2 aliphatic rings. The first-order valence-electron chi connectivity index (χ1n) is 8.93. The first-order chi connectivity index (χ1) is 12.0. The highest BCUT2D eigenvalue weighted by Crippen LogP contribution is 2.18. The minimum Gasteiger partial charge on any atom is -0.377 e. The van der Waals surface area contributed by atoms with Crippen LogP contribution in [0.4, 0.5) is 0 Å². The molecule has 1 unspecified atom stereocenters. The summed E-state index contributed by atoms with van der Waals surface area (Å²) in [6, 6.07) is 0.222. The van der Waals surface area contributed by atoms with E-state index < -0.39 is 9.84 Å². The fraction of sp³-hybridized carbons (Fsp3) is 0.812. The summed E-state index contributed by atoms with van der Waals surface area (Å²) >= 11 is 0. The lowest BCUT2D eigenvalue weighted by atomic mass is 9.95. The Labute approximate surface area is 147 Å². The van der Waals surface area contributed by atoms with Gasteiger partial charge in [0.25, 0.3) is 0 Å². The molecule has 1 aliphatic carbocycles. The first-order valence-corrected chi connectivity index (χ1v) is 10.8. The Hall–Kier alpha value is -1.48. The fourth-order valence-electron chi connectivity index (χ4n) is 3.40. The highest BCUT2D eigenvalue weighted by molar-refractivity contribution is 7.90. The maximum atomic E-state index is 12.2. The Bertz CT molecular complexity index is 676. The van der Waals surface area contributed by atoms with Gasteiger partial charge in [0, 0.05) is 12.6 Å². The third-order valence-corrected chi connectivity index (χ3v) is 6.17. The van der Waals surface area contributed by atoms with E-state index >= 15 is 0 Å². The van der Waals surface area contributed by atoms with Crippen LogP contribution in [0.5, 0.6) is 0 Å². The molecule has 1 aromatic rings. The maximum absolute atomic E-state index is 12.2. The van der Waals surface area contributed by atoms with Crippen molar-refractivity contribution in [3.05, 3.63) is 11.7 Å². The van der Waals surface area contributed by atoms with Crippen molar-refractivity contribution in [2.24, 2.45) is 0 Å². The van der Waals surface area contributed by atoms with Crippen LogP contribution >= 0.6 is 0 Å². The number of ether oxygens (including phenoxy) is 1. The van der Waals surface area contributed by atoms with Crippen molar-refractivity contribution in [3.63, 3.8) is 0 Å². The number of carbonyl (C=O) groups excluding carboxylic acids is 1. The van der Waals surface area contributed by atoms with Gasteiger partial charge in [0.1, 0.15) is 5.75 Å². The third kappa shape index (κ3) is 5.78. The number of sulfone groups is 1. The SMILES string of the molecule is O=C(Cc1noc(CS(=O)(=O)CC2CCCO2)n1)NC1CCCCC1. The number of carbonyl (C=O) groups is 1. The predicted molar refractivity (Wildman–Crippen MR) is 89.5 cm³/mol. The molecular weight excluding hydrogens is 346 g/mol. The lowest BCUT2D eigenvalue weighted by molar-refractivity contribution is -0.121.